The maximum atomic E-state index is 10.4. The second-order valence-electron chi connectivity index (χ2n) is 2.29. The first-order valence-electron chi connectivity index (χ1n) is 3.56. The third-order valence-electron chi connectivity index (χ3n) is 0.966. The molecule has 66 valence electrons. The van der Waals surface area contributed by atoms with Gasteiger partial charge in [-0.2, -0.15) is 0 Å². The fourth-order valence-corrected chi connectivity index (χ4v) is 1.37. The summed E-state index contributed by atoms with van der Waals surface area (Å²) in [7, 11) is 1.89. The molecule has 0 radical (unpaired) electrons. The lowest BCUT2D eigenvalue weighted by Gasteiger charge is -2.10. The molecule has 3 nitrogen and oxygen atoms in total. The van der Waals surface area contributed by atoms with Gasteiger partial charge in [-0.1, -0.05) is 0 Å². The minimum absolute atomic E-state index is 0.0193. The van der Waals surface area contributed by atoms with Crippen LogP contribution in [0.5, 0.6) is 0 Å². The van der Waals surface area contributed by atoms with Gasteiger partial charge in [0.2, 0.25) is 0 Å². The molecule has 4 heteroatoms. The van der Waals surface area contributed by atoms with Crippen molar-refractivity contribution in [3.8, 4) is 0 Å². The summed E-state index contributed by atoms with van der Waals surface area (Å²) < 4.78 is 4.91. The molecule has 0 aliphatic rings. The number of carbonyl (C=O) groups excluding carboxylic acids is 1. The Morgan fingerprint density at radius 2 is 2.36 bits per heavy atom. The Labute approximate surface area is 71.9 Å². The van der Waals surface area contributed by atoms with Crippen molar-refractivity contribution < 1.29 is 9.53 Å². The Kier molecular flexibility index (Phi) is 6.36. The topological polar surface area (TPSA) is 38.3 Å². The van der Waals surface area contributed by atoms with E-state index in [1.54, 1.807) is 11.8 Å². The minimum Gasteiger partial charge on any atom is -0.462 e. The number of thioether (sulfide) groups is 1. The van der Waals surface area contributed by atoms with Gasteiger partial charge in [0.1, 0.15) is 6.10 Å². The first-order chi connectivity index (χ1) is 5.16. The van der Waals surface area contributed by atoms with Crippen molar-refractivity contribution in [3.63, 3.8) is 0 Å². The third kappa shape index (κ3) is 7.68. The van der Waals surface area contributed by atoms with E-state index in [-0.39, 0.29) is 12.1 Å². The number of ether oxygens (including phenoxy) is 1. The summed E-state index contributed by atoms with van der Waals surface area (Å²) in [4.78, 5) is 10.4. The number of hydrogen-bond donors (Lipinski definition) is 1. The molecule has 0 bridgehead atoms. The fourth-order valence-electron chi connectivity index (χ4n) is 0.644. The van der Waals surface area contributed by atoms with Crippen LogP contribution in [0, 0.1) is 0 Å². The summed E-state index contributed by atoms with van der Waals surface area (Å²) in [6.45, 7) is 3.32. The van der Waals surface area contributed by atoms with Crippen LogP contribution in [0.4, 0.5) is 0 Å². The molecule has 0 aliphatic carbocycles. The standard InChI is InChI=1S/C7H15NO2S/c1-6(10-7(2)9)4-11-5-8-3/h6,8H,4-5H2,1-3H3. The molecule has 0 aliphatic heterocycles. The van der Waals surface area contributed by atoms with Crippen LogP contribution in [0.1, 0.15) is 13.8 Å². The quantitative estimate of drug-likeness (QED) is 0.384. The summed E-state index contributed by atoms with van der Waals surface area (Å²) in [6, 6.07) is 0. The van der Waals surface area contributed by atoms with E-state index in [0.29, 0.717) is 0 Å². The Morgan fingerprint density at radius 3 is 2.82 bits per heavy atom. The van der Waals surface area contributed by atoms with Gasteiger partial charge in [0.15, 0.2) is 0 Å². The maximum absolute atomic E-state index is 10.4. The number of esters is 1. The summed E-state index contributed by atoms with van der Waals surface area (Å²) >= 11 is 1.72. The van der Waals surface area contributed by atoms with E-state index in [9.17, 15) is 4.79 Å². The van der Waals surface area contributed by atoms with Crippen LogP contribution >= 0.6 is 11.8 Å². The molecular formula is C7H15NO2S. The number of carbonyl (C=O) groups is 1. The average Bonchev–Trinajstić information content (AvgIpc) is 1.86. The highest BCUT2D eigenvalue weighted by atomic mass is 32.2. The molecule has 1 unspecified atom stereocenters. The molecule has 0 spiro atoms. The van der Waals surface area contributed by atoms with Crippen LogP contribution in [0.25, 0.3) is 0 Å². The van der Waals surface area contributed by atoms with E-state index in [2.05, 4.69) is 5.32 Å². The molecule has 0 saturated carbocycles. The van der Waals surface area contributed by atoms with Crippen LogP contribution in [-0.2, 0) is 9.53 Å². The van der Waals surface area contributed by atoms with Gasteiger partial charge in [0, 0.05) is 18.6 Å². The van der Waals surface area contributed by atoms with Crippen molar-refractivity contribution in [2.75, 3.05) is 18.7 Å². The molecule has 0 aromatic carbocycles. The van der Waals surface area contributed by atoms with Crippen molar-refractivity contribution in [1.29, 1.82) is 0 Å². The van der Waals surface area contributed by atoms with Gasteiger partial charge in [0.25, 0.3) is 0 Å². The Hall–Kier alpha value is -0.220. The lowest BCUT2D eigenvalue weighted by atomic mass is 10.5. The number of nitrogens with one attached hydrogen (secondary N) is 1. The molecule has 0 saturated heterocycles. The molecule has 0 fully saturated rings. The molecule has 0 aromatic rings. The highest BCUT2D eigenvalue weighted by molar-refractivity contribution is 7.99. The van der Waals surface area contributed by atoms with Gasteiger partial charge in [-0.3, -0.25) is 4.79 Å². The Balaban J connectivity index is 3.22. The monoisotopic (exact) mass is 177 g/mol. The molecule has 0 amide bonds. The predicted octanol–water partition coefficient (Wildman–Crippen LogP) is 0.848. The van der Waals surface area contributed by atoms with Crippen LogP contribution in [0.15, 0.2) is 0 Å². The second kappa shape index (κ2) is 6.49. The summed E-state index contributed by atoms with van der Waals surface area (Å²) in [5, 5.41) is 3.00. The first-order valence-corrected chi connectivity index (χ1v) is 4.72. The van der Waals surface area contributed by atoms with Crippen LogP contribution in [0.2, 0.25) is 0 Å². The Morgan fingerprint density at radius 1 is 1.73 bits per heavy atom. The van der Waals surface area contributed by atoms with Crippen molar-refractivity contribution in [1.82, 2.24) is 5.32 Å². The molecule has 0 aromatic heterocycles. The predicted molar refractivity (Wildman–Crippen MR) is 47.6 cm³/mol. The smallest absolute Gasteiger partial charge is 0.302 e. The molecule has 0 rings (SSSR count). The SMILES string of the molecule is CNCSCC(C)OC(C)=O. The summed E-state index contributed by atoms with van der Waals surface area (Å²) in [5.41, 5.74) is 0. The lowest BCUT2D eigenvalue weighted by molar-refractivity contribution is -0.144. The van der Waals surface area contributed by atoms with Crippen LogP contribution < -0.4 is 5.32 Å². The largest absolute Gasteiger partial charge is 0.462 e. The number of hydrogen-bond acceptors (Lipinski definition) is 4. The van der Waals surface area contributed by atoms with Gasteiger partial charge in [-0.15, -0.1) is 11.8 Å². The van der Waals surface area contributed by atoms with Crippen molar-refractivity contribution in [2.45, 2.75) is 20.0 Å². The van der Waals surface area contributed by atoms with E-state index in [1.165, 1.54) is 6.92 Å². The maximum Gasteiger partial charge on any atom is 0.302 e. The minimum atomic E-state index is -0.206. The number of rotatable bonds is 5. The van der Waals surface area contributed by atoms with E-state index in [1.807, 2.05) is 14.0 Å². The highest BCUT2D eigenvalue weighted by Crippen LogP contribution is 2.03. The summed E-state index contributed by atoms with van der Waals surface area (Å²) in [5.74, 6) is 1.54. The van der Waals surface area contributed by atoms with E-state index in [0.717, 1.165) is 11.6 Å². The van der Waals surface area contributed by atoms with Crippen molar-refractivity contribution in [3.05, 3.63) is 0 Å². The Bertz CT molecular complexity index is 119. The zero-order chi connectivity index (χ0) is 8.69. The molecular weight excluding hydrogens is 162 g/mol. The molecule has 1 atom stereocenters. The van der Waals surface area contributed by atoms with E-state index >= 15 is 0 Å². The molecule has 1 N–H and O–H groups in total. The molecule has 0 heterocycles. The van der Waals surface area contributed by atoms with Gasteiger partial charge >= 0.3 is 5.97 Å². The zero-order valence-electron chi connectivity index (χ0n) is 7.22. The first kappa shape index (κ1) is 10.8. The van der Waals surface area contributed by atoms with E-state index in [4.69, 9.17) is 4.74 Å². The van der Waals surface area contributed by atoms with Gasteiger partial charge < -0.3 is 10.1 Å². The lowest BCUT2D eigenvalue weighted by Crippen LogP contribution is -2.16. The highest BCUT2D eigenvalue weighted by Gasteiger charge is 2.03. The summed E-state index contributed by atoms with van der Waals surface area (Å²) in [6.07, 6.45) is 0.0193. The third-order valence-corrected chi connectivity index (χ3v) is 2.16. The second-order valence-corrected chi connectivity index (χ2v) is 3.32. The van der Waals surface area contributed by atoms with Gasteiger partial charge in [-0.05, 0) is 14.0 Å². The van der Waals surface area contributed by atoms with E-state index < -0.39 is 0 Å². The van der Waals surface area contributed by atoms with Crippen LogP contribution in [-0.4, -0.2) is 30.8 Å². The van der Waals surface area contributed by atoms with Crippen molar-refractivity contribution >= 4 is 17.7 Å². The fraction of sp³-hybridized carbons (Fsp3) is 0.857. The van der Waals surface area contributed by atoms with Gasteiger partial charge in [-0.25, -0.2) is 0 Å². The van der Waals surface area contributed by atoms with Gasteiger partial charge in [0.05, 0.1) is 0 Å². The van der Waals surface area contributed by atoms with Crippen molar-refractivity contribution in [2.24, 2.45) is 0 Å². The normalized spacial score (nSPS) is 12.6. The molecule has 11 heavy (non-hydrogen) atoms. The zero-order valence-corrected chi connectivity index (χ0v) is 8.03. The van der Waals surface area contributed by atoms with Crippen LogP contribution in [0.3, 0.4) is 0 Å². The average molecular weight is 177 g/mol.